The number of rotatable bonds is 4. The summed E-state index contributed by atoms with van der Waals surface area (Å²) in [6.07, 6.45) is 4.76. The Morgan fingerprint density at radius 1 is 1.00 bits per heavy atom. The predicted molar refractivity (Wildman–Crippen MR) is 122 cm³/mol. The minimum absolute atomic E-state index is 0.104. The number of aliphatic hydroxyl groups excluding tert-OH is 2. The molecule has 3 fully saturated rings. The monoisotopic (exact) mass is 452 g/mol. The number of aromatic amines is 1. The third-order valence-corrected chi connectivity index (χ3v) is 7.68. The Labute approximate surface area is 191 Å². The van der Waals surface area contributed by atoms with E-state index in [1.54, 1.807) is 6.07 Å². The van der Waals surface area contributed by atoms with Crippen molar-refractivity contribution in [2.45, 2.75) is 68.9 Å². The molecule has 1 unspecified atom stereocenters. The molecule has 3 aliphatic rings. The molecule has 0 spiro atoms. The molecule has 174 valence electrons. The Bertz CT molecular complexity index is 1150. The fourth-order valence-corrected chi connectivity index (χ4v) is 5.89. The van der Waals surface area contributed by atoms with Gasteiger partial charge in [-0.15, -0.1) is 0 Å². The second-order valence-electron chi connectivity index (χ2n) is 9.73. The molecular weight excluding hydrogens is 423 g/mol. The number of pyridine rings is 1. The SMILES string of the molecule is O[C@@H]1CO[C@H]2C1CC[C@H]2Oc1cc2nc(-c3ccc([C@@H]4CCCC[C@@H]4O)cc3)c(F)cc2[nH]1. The molecule has 2 aliphatic carbocycles. The molecule has 2 saturated carbocycles. The van der Waals surface area contributed by atoms with E-state index in [1.807, 2.05) is 24.3 Å². The van der Waals surface area contributed by atoms with E-state index in [9.17, 15) is 14.6 Å². The van der Waals surface area contributed by atoms with Crippen LogP contribution < -0.4 is 4.74 Å². The molecule has 1 aliphatic heterocycles. The number of H-pyrrole nitrogens is 1. The molecule has 3 N–H and O–H groups in total. The van der Waals surface area contributed by atoms with Gasteiger partial charge in [-0.05, 0) is 31.2 Å². The highest BCUT2D eigenvalue weighted by Crippen LogP contribution is 2.39. The number of fused-ring (bicyclic) bond motifs is 2. The Morgan fingerprint density at radius 2 is 1.82 bits per heavy atom. The van der Waals surface area contributed by atoms with E-state index < -0.39 is 11.9 Å². The third kappa shape index (κ3) is 3.82. The number of benzene rings is 1. The number of nitrogens with zero attached hydrogens (tertiary/aromatic N) is 1. The smallest absolute Gasteiger partial charge is 0.193 e. The van der Waals surface area contributed by atoms with Crippen LogP contribution in [0.1, 0.15) is 50.0 Å². The lowest BCUT2D eigenvalue weighted by molar-refractivity contribution is 0.0154. The third-order valence-electron chi connectivity index (χ3n) is 7.68. The minimum Gasteiger partial charge on any atom is -0.473 e. The highest BCUT2D eigenvalue weighted by molar-refractivity contribution is 5.80. The molecule has 1 saturated heterocycles. The van der Waals surface area contributed by atoms with E-state index in [-0.39, 0.29) is 30.1 Å². The fourth-order valence-electron chi connectivity index (χ4n) is 5.89. The lowest BCUT2D eigenvalue weighted by Gasteiger charge is -2.28. The van der Waals surface area contributed by atoms with Gasteiger partial charge in [0.05, 0.1) is 36.0 Å². The molecule has 6 nitrogen and oxygen atoms in total. The Morgan fingerprint density at radius 3 is 2.64 bits per heavy atom. The summed E-state index contributed by atoms with van der Waals surface area (Å²) in [7, 11) is 0. The summed E-state index contributed by atoms with van der Waals surface area (Å²) in [6.45, 7) is 0.358. The van der Waals surface area contributed by atoms with Crippen LogP contribution in [0.25, 0.3) is 22.3 Å². The molecule has 6 rings (SSSR count). The van der Waals surface area contributed by atoms with Crippen LogP contribution in [0.3, 0.4) is 0 Å². The normalized spacial score (nSPS) is 31.7. The maximum atomic E-state index is 14.9. The van der Waals surface area contributed by atoms with Crippen LogP contribution >= 0.6 is 0 Å². The maximum Gasteiger partial charge on any atom is 0.193 e. The van der Waals surface area contributed by atoms with Crippen molar-refractivity contribution >= 4 is 11.0 Å². The van der Waals surface area contributed by atoms with Crippen LogP contribution in [0.15, 0.2) is 36.4 Å². The number of hydrogen-bond acceptors (Lipinski definition) is 5. The van der Waals surface area contributed by atoms with E-state index in [1.165, 1.54) is 6.07 Å². The Kier molecular flexibility index (Phi) is 5.35. The van der Waals surface area contributed by atoms with Crippen molar-refractivity contribution in [3.8, 4) is 17.1 Å². The lowest BCUT2D eigenvalue weighted by Crippen LogP contribution is -2.30. The van der Waals surface area contributed by atoms with E-state index in [2.05, 4.69) is 9.97 Å². The summed E-state index contributed by atoms with van der Waals surface area (Å²) in [6, 6.07) is 11.0. The molecule has 7 heteroatoms. The minimum atomic E-state index is -0.419. The van der Waals surface area contributed by atoms with E-state index in [0.717, 1.165) is 44.1 Å². The quantitative estimate of drug-likeness (QED) is 0.549. The zero-order chi connectivity index (χ0) is 22.5. The first-order valence-corrected chi connectivity index (χ1v) is 12.0. The zero-order valence-corrected chi connectivity index (χ0v) is 18.4. The van der Waals surface area contributed by atoms with Gasteiger partial charge >= 0.3 is 0 Å². The van der Waals surface area contributed by atoms with Gasteiger partial charge in [-0.1, -0.05) is 37.1 Å². The van der Waals surface area contributed by atoms with Gasteiger partial charge in [-0.25, -0.2) is 9.37 Å². The summed E-state index contributed by atoms with van der Waals surface area (Å²) in [5, 5.41) is 20.3. The van der Waals surface area contributed by atoms with Crippen LogP contribution in [-0.2, 0) is 4.74 Å². The molecule has 2 aromatic heterocycles. The first-order chi connectivity index (χ1) is 16.1. The van der Waals surface area contributed by atoms with Gasteiger partial charge in [0.15, 0.2) is 11.7 Å². The van der Waals surface area contributed by atoms with Gasteiger partial charge in [0.2, 0.25) is 0 Å². The number of aliphatic hydroxyl groups is 2. The summed E-state index contributed by atoms with van der Waals surface area (Å²) in [5.74, 6) is 0.410. The zero-order valence-electron chi connectivity index (χ0n) is 18.4. The Hall–Kier alpha value is -2.48. The van der Waals surface area contributed by atoms with E-state index in [4.69, 9.17) is 9.47 Å². The highest BCUT2D eigenvalue weighted by atomic mass is 19.1. The number of halogens is 1. The lowest BCUT2D eigenvalue weighted by atomic mass is 9.81. The van der Waals surface area contributed by atoms with Crippen molar-refractivity contribution in [2.24, 2.45) is 5.92 Å². The fraction of sp³-hybridized carbons (Fsp3) is 0.500. The van der Waals surface area contributed by atoms with Crippen LogP contribution in [0.2, 0.25) is 0 Å². The largest absolute Gasteiger partial charge is 0.473 e. The second kappa shape index (κ2) is 8.38. The van der Waals surface area contributed by atoms with Crippen LogP contribution in [0, 0.1) is 11.7 Å². The van der Waals surface area contributed by atoms with Gasteiger partial charge in [-0.3, -0.25) is 0 Å². The van der Waals surface area contributed by atoms with E-state index in [0.29, 0.717) is 34.8 Å². The second-order valence-corrected chi connectivity index (χ2v) is 9.73. The van der Waals surface area contributed by atoms with E-state index >= 15 is 0 Å². The van der Waals surface area contributed by atoms with Crippen LogP contribution in [-0.4, -0.2) is 51.2 Å². The van der Waals surface area contributed by atoms with Crippen LogP contribution in [0.4, 0.5) is 4.39 Å². The van der Waals surface area contributed by atoms with Gasteiger partial charge in [0, 0.05) is 29.5 Å². The summed E-state index contributed by atoms with van der Waals surface area (Å²) >= 11 is 0. The van der Waals surface area contributed by atoms with Crippen molar-refractivity contribution in [2.75, 3.05) is 6.61 Å². The van der Waals surface area contributed by atoms with Crippen molar-refractivity contribution < 1.29 is 24.1 Å². The maximum absolute atomic E-state index is 14.9. The molecule has 0 amide bonds. The number of hydrogen-bond donors (Lipinski definition) is 3. The van der Waals surface area contributed by atoms with Crippen molar-refractivity contribution in [3.63, 3.8) is 0 Å². The molecule has 0 radical (unpaired) electrons. The topological polar surface area (TPSA) is 87.6 Å². The van der Waals surface area contributed by atoms with Crippen molar-refractivity contribution in [1.82, 2.24) is 9.97 Å². The van der Waals surface area contributed by atoms with Gasteiger partial charge in [0.1, 0.15) is 11.8 Å². The average molecular weight is 453 g/mol. The van der Waals surface area contributed by atoms with Gasteiger partial charge in [0.25, 0.3) is 0 Å². The standard InChI is InChI=1S/C26H29FN2O4/c27-18-11-19-20(12-24(28-19)33-23-10-9-17-22(31)13-32-26(17)23)29-25(18)15-7-5-14(6-8-15)16-3-1-2-4-21(16)30/h5-8,11-12,16-17,21-23,26,28,30-31H,1-4,9-10,13H2/t16-,17?,21-,22+,23+,26-/m0/s1. The van der Waals surface area contributed by atoms with Crippen LogP contribution in [0.5, 0.6) is 5.88 Å². The van der Waals surface area contributed by atoms with Crippen molar-refractivity contribution in [3.05, 3.63) is 47.8 Å². The predicted octanol–water partition coefficient (Wildman–Crippen LogP) is 4.30. The Balaban J connectivity index is 1.23. The number of nitrogens with one attached hydrogen (secondary N) is 1. The molecule has 0 bridgehead atoms. The summed E-state index contributed by atoms with van der Waals surface area (Å²) < 4.78 is 26.8. The molecule has 3 heterocycles. The van der Waals surface area contributed by atoms with Gasteiger partial charge < -0.3 is 24.7 Å². The first kappa shape index (κ1) is 21.1. The number of ether oxygens (including phenoxy) is 2. The highest BCUT2D eigenvalue weighted by Gasteiger charge is 2.47. The molecule has 33 heavy (non-hydrogen) atoms. The molecule has 1 aromatic carbocycles. The average Bonchev–Trinajstić information content (AvgIpc) is 3.50. The molecule has 3 aromatic rings. The molecular formula is C26H29FN2O4. The van der Waals surface area contributed by atoms with Gasteiger partial charge in [-0.2, -0.15) is 0 Å². The summed E-state index contributed by atoms with van der Waals surface area (Å²) in [4.78, 5) is 7.69. The summed E-state index contributed by atoms with van der Waals surface area (Å²) in [5.41, 5.74) is 3.31. The van der Waals surface area contributed by atoms with Crippen molar-refractivity contribution in [1.29, 1.82) is 0 Å². The molecule has 6 atom stereocenters. The first-order valence-electron chi connectivity index (χ1n) is 12.0. The number of aromatic nitrogens is 2.